The van der Waals surface area contributed by atoms with Crippen LogP contribution in [-0.4, -0.2) is 15.6 Å². The third-order valence-electron chi connectivity index (χ3n) is 2.01. The van der Waals surface area contributed by atoms with Crippen LogP contribution in [0.1, 0.15) is 11.4 Å². The fourth-order valence-electron chi connectivity index (χ4n) is 1.27. The van der Waals surface area contributed by atoms with Gasteiger partial charge in [0, 0.05) is 11.3 Å². The van der Waals surface area contributed by atoms with Gasteiger partial charge in [0.15, 0.2) is 3.95 Å². The molecular formula is C10H10N2S3. The average Bonchev–Trinajstić information content (AvgIpc) is 2.65. The molecule has 0 saturated heterocycles. The van der Waals surface area contributed by atoms with Gasteiger partial charge in [0.25, 0.3) is 0 Å². The van der Waals surface area contributed by atoms with E-state index in [-0.39, 0.29) is 0 Å². The Balaban J connectivity index is 2.14. The van der Waals surface area contributed by atoms with Crippen molar-refractivity contribution < 1.29 is 0 Å². The first-order chi connectivity index (χ1) is 7.28. The van der Waals surface area contributed by atoms with Gasteiger partial charge in [-0.15, -0.1) is 11.8 Å². The van der Waals surface area contributed by atoms with Crippen molar-refractivity contribution in [3.05, 3.63) is 39.6 Å². The fraction of sp³-hybridized carbons (Fsp3) is 0.200. The summed E-state index contributed by atoms with van der Waals surface area (Å²) < 4.78 is 3.78. The summed E-state index contributed by atoms with van der Waals surface area (Å²) in [5.74, 6) is 0.946. The Hall–Kier alpha value is -0.650. The number of hydrogen-bond acceptors (Lipinski definition) is 4. The number of hydrogen-bond donors (Lipinski definition) is 1. The minimum absolute atomic E-state index is 0.672. The molecule has 0 fully saturated rings. The van der Waals surface area contributed by atoms with Crippen LogP contribution < -0.4 is 0 Å². The predicted molar refractivity (Wildman–Crippen MR) is 68.3 cm³/mol. The van der Waals surface area contributed by atoms with Gasteiger partial charge in [-0.1, -0.05) is 12.1 Å². The highest BCUT2D eigenvalue weighted by molar-refractivity contribution is 7.98. The first-order valence-electron chi connectivity index (χ1n) is 4.45. The largest absolute Gasteiger partial charge is 0.296 e. The minimum atomic E-state index is 0.672. The number of nitrogens with one attached hydrogen (secondary N) is 1. The lowest BCUT2D eigenvalue weighted by molar-refractivity contribution is 1.03. The maximum atomic E-state index is 4.96. The Kier molecular flexibility index (Phi) is 3.56. The van der Waals surface area contributed by atoms with Gasteiger partial charge < -0.3 is 0 Å². The molecule has 0 bridgehead atoms. The van der Waals surface area contributed by atoms with E-state index in [4.69, 9.17) is 12.2 Å². The normalized spacial score (nSPS) is 10.5. The molecule has 1 aromatic heterocycles. The second-order valence-electron chi connectivity index (χ2n) is 3.05. The topological polar surface area (TPSA) is 28.7 Å². The molecular weight excluding hydrogens is 244 g/mol. The Morgan fingerprint density at radius 2 is 2.13 bits per heavy atom. The van der Waals surface area contributed by atoms with Crippen molar-refractivity contribution in [1.82, 2.24) is 9.36 Å². The third-order valence-corrected chi connectivity index (χ3v) is 3.70. The molecule has 0 unspecified atom stereocenters. The van der Waals surface area contributed by atoms with Gasteiger partial charge >= 0.3 is 0 Å². The van der Waals surface area contributed by atoms with Crippen LogP contribution in [0, 0.1) is 3.95 Å². The van der Waals surface area contributed by atoms with Crippen molar-refractivity contribution in [2.24, 2.45) is 0 Å². The maximum absolute atomic E-state index is 4.96. The van der Waals surface area contributed by atoms with Crippen molar-refractivity contribution in [2.75, 3.05) is 6.26 Å². The molecule has 0 radical (unpaired) electrons. The zero-order valence-corrected chi connectivity index (χ0v) is 10.6. The van der Waals surface area contributed by atoms with E-state index in [1.54, 1.807) is 11.8 Å². The highest BCUT2D eigenvalue weighted by Gasteiger charge is 1.99. The zero-order valence-electron chi connectivity index (χ0n) is 8.19. The highest BCUT2D eigenvalue weighted by Crippen LogP contribution is 2.16. The Morgan fingerprint density at radius 3 is 2.67 bits per heavy atom. The summed E-state index contributed by atoms with van der Waals surface area (Å²) in [4.78, 5) is 5.50. The Bertz CT molecular complexity index is 484. The molecule has 0 saturated carbocycles. The van der Waals surface area contributed by atoms with Crippen LogP contribution in [0.5, 0.6) is 0 Å². The summed E-state index contributed by atoms with van der Waals surface area (Å²) in [6.07, 6.45) is 2.90. The van der Waals surface area contributed by atoms with Crippen LogP contribution in [0.4, 0.5) is 0 Å². The number of aromatic amines is 1. The molecule has 2 rings (SSSR count). The van der Waals surface area contributed by atoms with E-state index in [0.717, 1.165) is 12.2 Å². The van der Waals surface area contributed by atoms with Crippen LogP contribution in [-0.2, 0) is 6.42 Å². The van der Waals surface area contributed by atoms with E-state index in [2.05, 4.69) is 39.9 Å². The predicted octanol–water partition coefficient (Wildman–Crippen LogP) is 3.51. The summed E-state index contributed by atoms with van der Waals surface area (Å²) in [5.41, 5.74) is 1.25. The number of benzene rings is 1. The van der Waals surface area contributed by atoms with E-state index in [1.807, 2.05) is 0 Å². The standard InChI is InChI=1S/C10H10N2S3/c1-14-8-4-2-7(3-5-8)6-9-11-10(13)15-12-9/h2-5H,6H2,1H3,(H,11,12,13). The molecule has 1 heterocycles. The van der Waals surface area contributed by atoms with Gasteiger partial charge in [-0.2, -0.15) is 0 Å². The second-order valence-corrected chi connectivity index (χ2v) is 5.37. The van der Waals surface area contributed by atoms with Crippen molar-refractivity contribution in [1.29, 1.82) is 0 Å². The summed E-state index contributed by atoms with van der Waals surface area (Å²) in [5, 5.41) is 0. The number of nitrogens with zero attached hydrogens (tertiary/aromatic N) is 1. The average molecular weight is 254 g/mol. The van der Waals surface area contributed by atoms with Crippen molar-refractivity contribution in [2.45, 2.75) is 11.3 Å². The van der Waals surface area contributed by atoms with E-state index < -0.39 is 0 Å². The van der Waals surface area contributed by atoms with Crippen LogP contribution in [0.25, 0.3) is 0 Å². The van der Waals surface area contributed by atoms with Gasteiger partial charge in [0.1, 0.15) is 5.82 Å². The van der Waals surface area contributed by atoms with Crippen LogP contribution in [0.2, 0.25) is 0 Å². The van der Waals surface area contributed by atoms with Crippen molar-refractivity contribution >= 4 is 35.5 Å². The smallest absolute Gasteiger partial charge is 0.198 e. The van der Waals surface area contributed by atoms with E-state index in [1.165, 1.54) is 22.0 Å². The maximum Gasteiger partial charge on any atom is 0.198 e. The first kappa shape index (κ1) is 10.9. The molecule has 15 heavy (non-hydrogen) atoms. The zero-order chi connectivity index (χ0) is 10.7. The molecule has 2 aromatic rings. The van der Waals surface area contributed by atoms with Crippen LogP contribution in [0.3, 0.4) is 0 Å². The van der Waals surface area contributed by atoms with Crippen molar-refractivity contribution in [3.63, 3.8) is 0 Å². The molecule has 1 N–H and O–H groups in total. The molecule has 0 aliphatic heterocycles. The van der Waals surface area contributed by atoms with E-state index in [9.17, 15) is 0 Å². The molecule has 0 aliphatic rings. The lowest BCUT2D eigenvalue weighted by Gasteiger charge is -1.99. The quantitative estimate of drug-likeness (QED) is 0.671. The number of thioether (sulfide) groups is 1. The minimum Gasteiger partial charge on any atom is -0.296 e. The summed E-state index contributed by atoms with van der Waals surface area (Å²) in [6, 6.07) is 8.51. The van der Waals surface area contributed by atoms with Gasteiger partial charge in [-0.25, -0.2) is 4.98 Å². The Morgan fingerprint density at radius 1 is 1.40 bits per heavy atom. The number of H-pyrrole nitrogens is 1. The van der Waals surface area contributed by atoms with Crippen LogP contribution >= 0.6 is 35.5 Å². The lowest BCUT2D eigenvalue weighted by Crippen LogP contribution is -1.89. The molecule has 0 aliphatic carbocycles. The Labute approximate surface area is 102 Å². The number of rotatable bonds is 3. The molecule has 78 valence electrons. The SMILES string of the molecule is CSc1ccc(Cc2nc(=S)s[nH]2)cc1. The lowest BCUT2D eigenvalue weighted by atomic mass is 10.1. The number of aromatic nitrogens is 2. The molecule has 5 heteroatoms. The summed E-state index contributed by atoms with van der Waals surface area (Å²) >= 11 is 8.12. The van der Waals surface area contributed by atoms with Gasteiger partial charge in [-0.05, 0) is 47.7 Å². The van der Waals surface area contributed by atoms with Gasteiger partial charge in [-0.3, -0.25) is 4.37 Å². The molecule has 0 spiro atoms. The van der Waals surface area contributed by atoms with E-state index in [0.29, 0.717) is 3.95 Å². The fourth-order valence-corrected chi connectivity index (χ4v) is 2.39. The summed E-state index contributed by atoms with van der Waals surface area (Å²) in [7, 11) is 0. The monoisotopic (exact) mass is 254 g/mol. The molecule has 1 aromatic carbocycles. The van der Waals surface area contributed by atoms with Gasteiger partial charge in [0.2, 0.25) is 0 Å². The highest BCUT2D eigenvalue weighted by atomic mass is 32.2. The van der Waals surface area contributed by atoms with Crippen LogP contribution in [0.15, 0.2) is 29.2 Å². The van der Waals surface area contributed by atoms with E-state index >= 15 is 0 Å². The van der Waals surface area contributed by atoms with Gasteiger partial charge in [0.05, 0.1) is 0 Å². The third kappa shape index (κ3) is 2.90. The second kappa shape index (κ2) is 4.92. The van der Waals surface area contributed by atoms with Crippen molar-refractivity contribution in [3.8, 4) is 0 Å². The molecule has 0 atom stereocenters. The summed E-state index contributed by atoms with van der Waals surface area (Å²) in [6.45, 7) is 0. The molecule has 2 nitrogen and oxygen atoms in total. The molecule has 0 amide bonds. The first-order valence-corrected chi connectivity index (χ1v) is 6.90.